The van der Waals surface area contributed by atoms with Gasteiger partial charge >= 0.3 is 0 Å². The van der Waals surface area contributed by atoms with Crippen LogP contribution in [0, 0.1) is 5.82 Å². The third-order valence-corrected chi connectivity index (χ3v) is 6.74. The van der Waals surface area contributed by atoms with Crippen LogP contribution in [0.4, 0.5) is 4.39 Å². The Balaban J connectivity index is 1.54. The van der Waals surface area contributed by atoms with Gasteiger partial charge in [-0.2, -0.15) is 4.31 Å². The minimum Gasteiger partial charge on any atom is -0.497 e. The molecule has 1 saturated heterocycles. The van der Waals surface area contributed by atoms with E-state index in [0.29, 0.717) is 13.1 Å². The molecule has 0 spiro atoms. The van der Waals surface area contributed by atoms with Crippen molar-refractivity contribution >= 4 is 10.0 Å². The van der Waals surface area contributed by atoms with Gasteiger partial charge < -0.3 is 9.64 Å². The Kier molecular flexibility index (Phi) is 5.90. The number of ether oxygens (including phenoxy) is 1. The van der Waals surface area contributed by atoms with E-state index in [1.165, 1.54) is 33.0 Å². The molecule has 0 saturated carbocycles. The van der Waals surface area contributed by atoms with Crippen molar-refractivity contribution in [3.05, 3.63) is 59.9 Å². The lowest BCUT2D eigenvalue weighted by atomic mass is 10.1. The number of sulfonamides is 1. The van der Waals surface area contributed by atoms with E-state index in [2.05, 4.69) is 12.1 Å². The maximum absolute atomic E-state index is 13.9. The number of quaternary nitrogens is 1. The summed E-state index contributed by atoms with van der Waals surface area (Å²) < 4.78 is 45.6. The van der Waals surface area contributed by atoms with Gasteiger partial charge in [0.2, 0.25) is 10.0 Å². The van der Waals surface area contributed by atoms with Gasteiger partial charge in [-0.05, 0) is 29.8 Å². The Morgan fingerprint density at radius 1 is 1.08 bits per heavy atom. The van der Waals surface area contributed by atoms with Crippen molar-refractivity contribution in [3.8, 4) is 5.75 Å². The van der Waals surface area contributed by atoms with E-state index in [0.717, 1.165) is 31.8 Å². The standard InChI is InChI=1S/C19H23FN2O3S/c1-25-17-8-6-16(7-9-17)10-11-21-12-14-22(15-13-21)26(23,24)19-5-3-2-4-18(19)20/h2-9H,10-15H2,1H3/p+1. The topological polar surface area (TPSA) is 51.1 Å². The van der Waals surface area contributed by atoms with Gasteiger partial charge in [-0.15, -0.1) is 0 Å². The molecular weight excluding hydrogens is 355 g/mol. The Hall–Kier alpha value is -1.96. The highest BCUT2D eigenvalue weighted by molar-refractivity contribution is 7.89. The number of halogens is 1. The summed E-state index contributed by atoms with van der Waals surface area (Å²) in [5.74, 6) is 0.148. The summed E-state index contributed by atoms with van der Waals surface area (Å²) in [6.45, 7) is 3.22. The van der Waals surface area contributed by atoms with E-state index in [1.807, 2.05) is 12.1 Å². The second-order valence-electron chi connectivity index (χ2n) is 6.43. The molecule has 2 aromatic carbocycles. The summed E-state index contributed by atoms with van der Waals surface area (Å²) in [5.41, 5.74) is 1.24. The first-order valence-electron chi connectivity index (χ1n) is 8.72. The zero-order valence-electron chi connectivity index (χ0n) is 14.8. The lowest BCUT2D eigenvalue weighted by Gasteiger charge is -2.31. The van der Waals surface area contributed by atoms with Crippen LogP contribution in [0.2, 0.25) is 0 Å². The van der Waals surface area contributed by atoms with Crippen LogP contribution in [0.25, 0.3) is 0 Å². The van der Waals surface area contributed by atoms with Crippen molar-refractivity contribution in [1.82, 2.24) is 4.31 Å². The molecule has 0 amide bonds. The van der Waals surface area contributed by atoms with Crippen LogP contribution >= 0.6 is 0 Å². The largest absolute Gasteiger partial charge is 0.497 e. The number of benzene rings is 2. The number of piperazine rings is 1. The molecule has 0 unspecified atom stereocenters. The van der Waals surface area contributed by atoms with E-state index in [9.17, 15) is 12.8 Å². The molecule has 140 valence electrons. The first-order valence-corrected chi connectivity index (χ1v) is 10.2. The average molecular weight is 379 g/mol. The van der Waals surface area contributed by atoms with Gasteiger partial charge in [0, 0.05) is 6.42 Å². The molecule has 1 aliphatic heterocycles. The fourth-order valence-corrected chi connectivity index (χ4v) is 4.71. The fourth-order valence-electron chi connectivity index (χ4n) is 3.20. The van der Waals surface area contributed by atoms with Crippen molar-refractivity contribution < 1.29 is 22.4 Å². The van der Waals surface area contributed by atoms with E-state index in [1.54, 1.807) is 13.2 Å². The number of methoxy groups -OCH3 is 1. The van der Waals surface area contributed by atoms with Gasteiger partial charge in [-0.25, -0.2) is 12.8 Å². The first kappa shape index (κ1) is 18.8. The molecule has 7 heteroatoms. The van der Waals surface area contributed by atoms with Crippen molar-refractivity contribution in [1.29, 1.82) is 0 Å². The highest BCUT2D eigenvalue weighted by atomic mass is 32.2. The van der Waals surface area contributed by atoms with Crippen molar-refractivity contribution in [2.45, 2.75) is 11.3 Å². The van der Waals surface area contributed by atoms with Crippen molar-refractivity contribution in [2.24, 2.45) is 0 Å². The lowest BCUT2D eigenvalue weighted by Crippen LogP contribution is -3.15. The maximum Gasteiger partial charge on any atom is 0.246 e. The molecule has 0 aliphatic carbocycles. The summed E-state index contributed by atoms with van der Waals surface area (Å²) in [7, 11) is -2.11. The van der Waals surface area contributed by atoms with Crippen LogP contribution in [0.3, 0.4) is 0 Å². The summed E-state index contributed by atoms with van der Waals surface area (Å²) in [6, 6.07) is 13.6. The molecule has 2 aromatic rings. The Bertz CT molecular complexity index is 832. The summed E-state index contributed by atoms with van der Waals surface area (Å²) in [4.78, 5) is 1.13. The highest BCUT2D eigenvalue weighted by Crippen LogP contribution is 2.18. The normalized spacial score (nSPS) is 16.5. The quantitative estimate of drug-likeness (QED) is 0.814. The predicted octanol–water partition coefficient (Wildman–Crippen LogP) is 0.966. The molecule has 0 bridgehead atoms. The van der Waals surface area contributed by atoms with Crippen LogP contribution in [0.15, 0.2) is 53.4 Å². The van der Waals surface area contributed by atoms with Gasteiger partial charge in [-0.3, -0.25) is 0 Å². The Labute approximate surface area is 154 Å². The second-order valence-corrected chi connectivity index (χ2v) is 8.34. The van der Waals surface area contributed by atoms with Gasteiger partial charge in [0.15, 0.2) is 0 Å². The van der Waals surface area contributed by atoms with Gasteiger partial charge in [0.05, 0.1) is 39.8 Å². The molecule has 0 atom stereocenters. The van der Waals surface area contributed by atoms with E-state index >= 15 is 0 Å². The summed E-state index contributed by atoms with van der Waals surface area (Å²) in [5, 5.41) is 0. The minimum absolute atomic E-state index is 0.235. The number of nitrogens with one attached hydrogen (secondary N) is 1. The first-order chi connectivity index (χ1) is 12.5. The summed E-state index contributed by atoms with van der Waals surface area (Å²) in [6.07, 6.45) is 0.930. The lowest BCUT2D eigenvalue weighted by molar-refractivity contribution is -0.903. The van der Waals surface area contributed by atoms with Crippen LogP contribution in [0.1, 0.15) is 5.56 Å². The van der Waals surface area contributed by atoms with E-state index in [4.69, 9.17) is 4.74 Å². The SMILES string of the molecule is COc1ccc(CC[NH+]2CCN(S(=O)(=O)c3ccccc3F)CC2)cc1. The third-order valence-electron chi connectivity index (χ3n) is 4.81. The molecule has 5 nitrogen and oxygen atoms in total. The molecule has 1 N–H and O–H groups in total. The molecule has 0 radical (unpaired) electrons. The van der Waals surface area contributed by atoms with E-state index < -0.39 is 15.8 Å². The smallest absolute Gasteiger partial charge is 0.246 e. The van der Waals surface area contributed by atoms with Crippen molar-refractivity contribution in [2.75, 3.05) is 39.8 Å². The molecule has 3 rings (SSSR count). The zero-order valence-corrected chi connectivity index (χ0v) is 15.6. The monoisotopic (exact) mass is 379 g/mol. The van der Waals surface area contributed by atoms with E-state index in [-0.39, 0.29) is 4.90 Å². The molecule has 1 aliphatic rings. The van der Waals surface area contributed by atoms with Gasteiger partial charge in [0.25, 0.3) is 0 Å². The van der Waals surface area contributed by atoms with Crippen molar-refractivity contribution in [3.63, 3.8) is 0 Å². The zero-order chi connectivity index (χ0) is 18.6. The fraction of sp³-hybridized carbons (Fsp3) is 0.368. The third kappa shape index (κ3) is 4.23. The molecular formula is C19H24FN2O3S+. The Morgan fingerprint density at radius 2 is 1.73 bits per heavy atom. The van der Waals surface area contributed by atoms with Gasteiger partial charge in [0.1, 0.15) is 16.5 Å². The number of hydrogen-bond donors (Lipinski definition) is 1. The maximum atomic E-state index is 13.9. The van der Waals surface area contributed by atoms with Crippen LogP contribution in [-0.2, 0) is 16.4 Å². The summed E-state index contributed by atoms with van der Waals surface area (Å²) >= 11 is 0. The average Bonchev–Trinajstić information content (AvgIpc) is 2.67. The van der Waals surface area contributed by atoms with Gasteiger partial charge in [-0.1, -0.05) is 24.3 Å². The number of nitrogens with zero attached hydrogens (tertiary/aromatic N) is 1. The van der Waals surface area contributed by atoms with Crippen LogP contribution in [-0.4, -0.2) is 52.6 Å². The molecule has 26 heavy (non-hydrogen) atoms. The molecule has 0 aromatic heterocycles. The minimum atomic E-state index is -3.76. The number of hydrogen-bond acceptors (Lipinski definition) is 3. The Morgan fingerprint density at radius 3 is 2.35 bits per heavy atom. The molecule has 1 heterocycles. The van der Waals surface area contributed by atoms with Crippen LogP contribution in [0.5, 0.6) is 5.75 Å². The number of rotatable bonds is 6. The second kappa shape index (κ2) is 8.16. The van der Waals surface area contributed by atoms with Crippen LogP contribution < -0.4 is 9.64 Å². The molecule has 1 fully saturated rings. The predicted molar refractivity (Wildman–Crippen MR) is 97.4 cm³/mol. The highest BCUT2D eigenvalue weighted by Gasteiger charge is 2.31.